The van der Waals surface area contributed by atoms with Crippen LogP contribution < -0.4 is 10.6 Å². The van der Waals surface area contributed by atoms with Crippen LogP contribution >= 0.6 is 30.4 Å². The van der Waals surface area contributed by atoms with E-state index in [4.69, 9.17) is 0 Å². The van der Waals surface area contributed by atoms with E-state index in [0.29, 0.717) is 0 Å². The monoisotopic (exact) mass is 632 g/mol. The molecule has 0 atom stereocenters. The van der Waals surface area contributed by atoms with Crippen LogP contribution in [0.25, 0.3) is 0 Å². The SMILES string of the molecule is C=CCNC(c1c(O)ccc(S(=O)(=O)O)c1C(NCC=C)(P(=O)(O)O)P(=O)(O)O)(P(=O)(O)O)P(=O)(O)O. The maximum absolute atomic E-state index is 12.7. The van der Waals surface area contributed by atoms with E-state index < -0.39 is 85.4 Å². The Bertz CT molecular complexity index is 1330. The number of aromatic hydroxyl groups is 1. The second kappa shape index (κ2) is 10.8. The fourth-order valence-corrected chi connectivity index (χ4v) is 10.3. The third-order valence-corrected chi connectivity index (χ3v) is 13.7. The highest BCUT2D eigenvalue weighted by Gasteiger charge is 2.70. The van der Waals surface area contributed by atoms with Gasteiger partial charge in [-0.25, -0.2) is 0 Å². The fourth-order valence-electron chi connectivity index (χ4n) is 3.43. The van der Waals surface area contributed by atoms with Crippen LogP contribution in [-0.2, 0) is 38.4 Å². The molecule has 37 heavy (non-hydrogen) atoms. The number of rotatable bonds is 13. The molecule has 0 bridgehead atoms. The number of benzene rings is 1. The molecule has 0 saturated carbocycles. The van der Waals surface area contributed by atoms with Gasteiger partial charge in [0.1, 0.15) is 10.6 Å². The highest BCUT2D eigenvalue weighted by atomic mass is 32.2. The zero-order valence-electron chi connectivity index (χ0n) is 18.3. The molecule has 1 aromatic carbocycles. The van der Waals surface area contributed by atoms with Crippen LogP contribution in [0.4, 0.5) is 0 Å². The maximum Gasteiger partial charge on any atom is 0.362 e. The van der Waals surface area contributed by atoms with Crippen LogP contribution in [0, 0.1) is 0 Å². The lowest BCUT2D eigenvalue weighted by Gasteiger charge is -2.42. The average molecular weight is 632 g/mol. The summed E-state index contributed by atoms with van der Waals surface area (Å²) in [6.45, 7) is 4.35. The lowest BCUT2D eigenvalue weighted by molar-refractivity contribution is 0.274. The van der Waals surface area contributed by atoms with Gasteiger partial charge in [-0.15, -0.1) is 13.2 Å². The van der Waals surface area contributed by atoms with E-state index in [-0.39, 0.29) is 12.1 Å². The first kappa shape index (κ1) is 34.0. The highest BCUT2D eigenvalue weighted by Crippen LogP contribution is 2.79. The Hall–Kier alpha value is -1.07. The number of phenols is 1. The summed E-state index contributed by atoms with van der Waals surface area (Å²) in [7, 11) is -32.1. The number of hydrogen-bond acceptors (Lipinski definition) is 9. The second-order valence-electron chi connectivity index (χ2n) is 7.17. The molecule has 1 rings (SSSR count). The van der Waals surface area contributed by atoms with Crippen LogP contribution in [0.15, 0.2) is 42.3 Å². The average Bonchev–Trinajstić information content (AvgIpc) is 2.65. The summed E-state index contributed by atoms with van der Waals surface area (Å²) in [6.07, 6.45) is 1.50. The van der Waals surface area contributed by atoms with E-state index >= 15 is 0 Å². The van der Waals surface area contributed by atoms with Crippen molar-refractivity contribution in [2.45, 2.75) is 14.9 Å². The highest BCUT2D eigenvalue weighted by molar-refractivity contribution is 7.86. The third-order valence-electron chi connectivity index (χ3n) is 4.79. The molecule has 0 heterocycles. The minimum Gasteiger partial charge on any atom is -0.508 e. The van der Waals surface area contributed by atoms with Gasteiger partial charge in [-0.1, -0.05) is 12.2 Å². The van der Waals surface area contributed by atoms with E-state index in [1.807, 2.05) is 0 Å². The van der Waals surface area contributed by atoms with Gasteiger partial charge in [0, 0.05) is 24.2 Å². The minimum atomic E-state index is -6.59. The van der Waals surface area contributed by atoms with Crippen LogP contribution in [-0.4, -0.2) is 70.3 Å². The summed E-state index contributed by atoms with van der Waals surface area (Å²) >= 11 is 0. The molecule has 0 spiro atoms. The standard InChI is InChI=1S/C14H24N2O16P4S/c1-3-7-15-13(33(18,19)20,34(21,22)23)11-9(17)5-6-10(37(30,31)32)12(11)14(16-8-4-2,35(24,25)26)36(27,28)29/h3-6,15-17H,1-2,7-8H2,(H2,18,19,20)(H2,21,22,23)(H2,24,25,26)(H2,27,28,29)(H,30,31,32). The predicted molar refractivity (Wildman–Crippen MR) is 126 cm³/mol. The third kappa shape index (κ3) is 5.93. The van der Waals surface area contributed by atoms with Gasteiger partial charge in [0.2, 0.25) is 0 Å². The predicted octanol–water partition coefficient (Wildman–Crippen LogP) is -0.879. The van der Waals surface area contributed by atoms with Gasteiger partial charge in [-0.05, 0) is 12.1 Å². The Morgan fingerprint density at radius 2 is 1.05 bits per heavy atom. The van der Waals surface area contributed by atoms with Gasteiger partial charge < -0.3 is 44.3 Å². The maximum atomic E-state index is 12.7. The molecule has 0 aliphatic carbocycles. The van der Waals surface area contributed by atoms with E-state index in [2.05, 4.69) is 13.2 Å². The zero-order valence-corrected chi connectivity index (χ0v) is 22.7. The Morgan fingerprint density at radius 3 is 1.32 bits per heavy atom. The largest absolute Gasteiger partial charge is 0.508 e. The normalized spacial score (nSPS) is 14.4. The summed E-state index contributed by atoms with van der Waals surface area (Å²) in [5, 5.41) is 5.10. The van der Waals surface area contributed by atoms with Crippen LogP contribution in [0.2, 0.25) is 0 Å². The minimum absolute atomic E-state index is 0.122. The molecule has 0 fully saturated rings. The Kier molecular flexibility index (Phi) is 9.94. The van der Waals surface area contributed by atoms with Crippen molar-refractivity contribution in [1.29, 1.82) is 0 Å². The summed E-state index contributed by atoms with van der Waals surface area (Å²) in [5.74, 6) is -1.71. The van der Waals surface area contributed by atoms with Crippen molar-refractivity contribution >= 4 is 40.5 Å². The van der Waals surface area contributed by atoms with Gasteiger partial charge in [0.05, 0.1) is 0 Å². The summed E-state index contributed by atoms with van der Waals surface area (Å²) in [6, 6.07) is 0.311. The first-order valence-corrected chi connectivity index (χ1v) is 17.1. The van der Waals surface area contributed by atoms with Crippen molar-refractivity contribution in [2.24, 2.45) is 0 Å². The Balaban J connectivity index is 4.98. The van der Waals surface area contributed by atoms with Crippen LogP contribution in [0.3, 0.4) is 0 Å². The molecule has 0 amide bonds. The number of phenolic OH excluding ortho intramolecular Hbond substituents is 1. The Labute approximate surface area is 209 Å². The molecule has 0 aliphatic rings. The molecular weight excluding hydrogens is 608 g/mol. The lowest BCUT2D eigenvalue weighted by atomic mass is 10.0. The van der Waals surface area contributed by atoms with Crippen molar-refractivity contribution < 1.29 is 75.5 Å². The van der Waals surface area contributed by atoms with Crippen molar-refractivity contribution in [2.75, 3.05) is 13.1 Å². The smallest absolute Gasteiger partial charge is 0.362 e. The fraction of sp³-hybridized carbons (Fsp3) is 0.286. The van der Waals surface area contributed by atoms with Crippen LogP contribution in [0.5, 0.6) is 5.75 Å². The van der Waals surface area contributed by atoms with E-state index in [0.717, 1.165) is 12.2 Å². The lowest BCUT2D eigenvalue weighted by Crippen LogP contribution is -2.48. The van der Waals surface area contributed by atoms with E-state index in [9.17, 15) is 75.5 Å². The van der Waals surface area contributed by atoms with Crippen LogP contribution in [0.1, 0.15) is 11.1 Å². The molecule has 1 aromatic rings. The topological polar surface area (TPSA) is 329 Å². The van der Waals surface area contributed by atoms with Gasteiger partial charge in [0.15, 0.2) is 0 Å². The Morgan fingerprint density at radius 1 is 0.730 bits per heavy atom. The molecule has 23 heteroatoms. The van der Waals surface area contributed by atoms with Crippen molar-refractivity contribution in [3.63, 3.8) is 0 Å². The quantitative estimate of drug-likeness (QED) is 0.0713. The first-order valence-electron chi connectivity index (χ1n) is 9.17. The molecule has 0 radical (unpaired) electrons. The van der Waals surface area contributed by atoms with Gasteiger partial charge in [-0.2, -0.15) is 8.42 Å². The molecule has 0 aliphatic heterocycles. The van der Waals surface area contributed by atoms with Gasteiger partial charge in [0.25, 0.3) is 20.2 Å². The number of hydrogen-bond donors (Lipinski definition) is 12. The molecule has 0 saturated heterocycles. The molecule has 18 nitrogen and oxygen atoms in total. The second-order valence-corrected chi connectivity index (χ2v) is 16.3. The zero-order chi connectivity index (χ0) is 29.5. The summed E-state index contributed by atoms with van der Waals surface area (Å²) in [5.41, 5.74) is -4.21. The molecule has 0 unspecified atom stereocenters. The van der Waals surface area contributed by atoms with Crippen molar-refractivity contribution in [1.82, 2.24) is 10.6 Å². The molecule has 0 aromatic heterocycles. The van der Waals surface area contributed by atoms with E-state index in [1.54, 1.807) is 10.6 Å². The first-order chi connectivity index (χ1) is 16.4. The molecule has 12 N–H and O–H groups in total. The van der Waals surface area contributed by atoms with Crippen molar-refractivity contribution in [3.8, 4) is 5.75 Å². The summed E-state index contributed by atoms with van der Waals surface area (Å²) in [4.78, 5) is 79.1. The van der Waals surface area contributed by atoms with Crippen molar-refractivity contribution in [3.05, 3.63) is 48.6 Å². The summed E-state index contributed by atoms with van der Waals surface area (Å²) < 4.78 is 85.0. The van der Waals surface area contributed by atoms with E-state index in [1.165, 1.54) is 0 Å². The molecule has 212 valence electrons. The van der Waals surface area contributed by atoms with Gasteiger partial charge in [-0.3, -0.25) is 33.4 Å². The molecular formula is C14H24N2O16P4S. The van der Waals surface area contributed by atoms with Gasteiger partial charge >= 0.3 is 30.4 Å². The number of nitrogens with one attached hydrogen (secondary N) is 2.